The van der Waals surface area contributed by atoms with Gasteiger partial charge in [-0.2, -0.15) is 0 Å². The Morgan fingerprint density at radius 3 is 2.67 bits per heavy atom. The van der Waals surface area contributed by atoms with Crippen LogP contribution in [0.1, 0.15) is 0 Å². The first-order valence-electron chi connectivity index (χ1n) is 1.81. The Labute approximate surface area is 36.8 Å². The Morgan fingerprint density at radius 2 is 2.50 bits per heavy atom. The fourth-order valence-electron chi connectivity index (χ4n) is 0.326. The van der Waals surface area contributed by atoms with Crippen molar-refractivity contribution in [3.8, 4) is 0 Å². The Morgan fingerprint density at radius 1 is 1.67 bits per heavy atom. The molecule has 31 valence electrons. The smallest absolute Gasteiger partial charge is 0.236 e. The van der Waals surface area contributed by atoms with Crippen LogP contribution in [0, 0.1) is 0 Å². The molecular weight excluding hydrogens is 76.1 g/mol. The van der Waals surface area contributed by atoms with E-state index in [1.807, 2.05) is 18.1 Å². The molecule has 0 amide bonds. The van der Waals surface area contributed by atoms with Crippen LogP contribution < -0.4 is 4.99 Å². The zero-order chi connectivity index (χ0) is 4.41. The zero-order valence-corrected chi connectivity index (χ0v) is 3.63. The van der Waals surface area contributed by atoms with E-state index < -0.39 is 0 Å². The fourth-order valence-corrected chi connectivity index (χ4v) is 0.326. The summed E-state index contributed by atoms with van der Waals surface area (Å²) in [4.78, 5) is 5.67. The lowest BCUT2D eigenvalue weighted by Gasteiger charge is -1.83. The quantitative estimate of drug-likeness (QED) is 0.394. The SMILES string of the molecule is CN1C=C[N+]=C1. The van der Waals surface area contributed by atoms with Crippen molar-refractivity contribution in [2.24, 2.45) is 0 Å². The van der Waals surface area contributed by atoms with Crippen molar-refractivity contribution in [3.05, 3.63) is 12.4 Å². The summed E-state index contributed by atoms with van der Waals surface area (Å²) in [6.45, 7) is 0. The first kappa shape index (κ1) is 3.40. The lowest BCUT2D eigenvalue weighted by molar-refractivity contribution is 0.725. The Balaban J connectivity index is 2.60. The predicted molar refractivity (Wildman–Crippen MR) is 25.1 cm³/mol. The van der Waals surface area contributed by atoms with E-state index in [9.17, 15) is 0 Å². The summed E-state index contributed by atoms with van der Waals surface area (Å²) in [6, 6.07) is 0. The highest BCUT2D eigenvalue weighted by atomic mass is 15.1. The van der Waals surface area contributed by atoms with Crippen LogP contribution in [-0.2, 0) is 0 Å². The van der Waals surface area contributed by atoms with Crippen LogP contribution in [0.15, 0.2) is 12.4 Å². The van der Waals surface area contributed by atoms with Crippen LogP contribution in [0.3, 0.4) is 0 Å². The molecule has 2 heteroatoms. The summed E-state index contributed by atoms with van der Waals surface area (Å²) in [6.07, 6.45) is 5.39. The van der Waals surface area contributed by atoms with Gasteiger partial charge in [-0.25, -0.2) is 4.90 Å². The van der Waals surface area contributed by atoms with Crippen molar-refractivity contribution in [2.45, 2.75) is 0 Å². The molecule has 6 heavy (non-hydrogen) atoms. The van der Waals surface area contributed by atoms with Crippen LogP contribution in [0.4, 0.5) is 0 Å². The number of hydrogen-bond donors (Lipinski definition) is 0. The van der Waals surface area contributed by atoms with Crippen molar-refractivity contribution in [1.29, 1.82) is 0 Å². The number of aliphatic imine (C=N–C) groups is 1. The standard InChI is InChI=1S/C4H6N2/c1-6-3-2-5-4-6/h2-4H,1H3/q+1. The van der Waals surface area contributed by atoms with Crippen LogP contribution in [-0.4, -0.2) is 18.3 Å². The normalized spacial score (nSPS) is 17.2. The second kappa shape index (κ2) is 1.12. The van der Waals surface area contributed by atoms with Gasteiger partial charge in [0.25, 0.3) is 6.34 Å². The molecule has 1 rings (SSSR count). The van der Waals surface area contributed by atoms with Gasteiger partial charge in [0.1, 0.15) is 6.20 Å². The van der Waals surface area contributed by atoms with Gasteiger partial charge in [-0.15, -0.1) is 0 Å². The third-order valence-corrected chi connectivity index (χ3v) is 0.637. The summed E-state index contributed by atoms with van der Waals surface area (Å²) < 4.78 is 0. The molecule has 0 saturated heterocycles. The minimum atomic E-state index is 1.75. The minimum absolute atomic E-state index is 1.75. The maximum Gasteiger partial charge on any atom is 0.286 e. The highest BCUT2D eigenvalue weighted by Gasteiger charge is 1.97. The van der Waals surface area contributed by atoms with E-state index in [0.717, 1.165) is 0 Å². The lowest BCUT2D eigenvalue weighted by Crippen LogP contribution is -2.03. The molecule has 1 aliphatic rings. The molecule has 1 radical (unpaired) electrons. The van der Waals surface area contributed by atoms with Gasteiger partial charge >= 0.3 is 0 Å². The highest BCUT2D eigenvalue weighted by molar-refractivity contribution is 5.57. The van der Waals surface area contributed by atoms with Crippen LogP contribution >= 0.6 is 0 Å². The Hall–Kier alpha value is -0.790. The number of rotatable bonds is 0. The van der Waals surface area contributed by atoms with E-state index in [1.165, 1.54) is 0 Å². The Kier molecular flexibility index (Phi) is 0.638. The van der Waals surface area contributed by atoms with E-state index in [4.69, 9.17) is 0 Å². The average Bonchev–Trinajstić information content (AvgIpc) is 1.86. The maximum absolute atomic E-state index is 3.78. The number of nitrogens with zero attached hydrogens (tertiary/aromatic N) is 2. The van der Waals surface area contributed by atoms with Crippen LogP contribution in [0.5, 0.6) is 0 Å². The molecule has 0 spiro atoms. The molecule has 0 aromatic rings. The second-order valence-corrected chi connectivity index (χ2v) is 1.23. The molecule has 0 unspecified atom stereocenters. The van der Waals surface area contributed by atoms with Gasteiger partial charge in [0.2, 0.25) is 0 Å². The van der Waals surface area contributed by atoms with Crippen LogP contribution in [0.2, 0.25) is 0 Å². The molecule has 2 nitrogen and oxygen atoms in total. The molecule has 0 saturated carbocycles. The molecule has 0 fully saturated rings. The zero-order valence-electron chi connectivity index (χ0n) is 3.63. The highest BCUT2D eigenvalue weighted by Crippen LogP contribution is 1.79. The van der Waals surface area contributed by atoms with Gasteiger partial charge in [0.05, 0.1) is 7.05 Å². The van der Waals surface area contributed by atoms with Crippen LogP contribution in [0.25, 0.3) is 0 Å². The average molecular weight is 82.1 g/mol. The molecule has 0 N–H and O–H groups in total. The lowest BCUT2D eigenvalue weighted by atomic mass is 10.9. The summed E-state index contributed by atoms with van der Waals surface area (Å²) in [5.41, 5.74) is 0. The van der Waals surface area contributed by atoms with Crippen molar-refractivity contribution >= 4 is 6.34 Å². The van der Waals surface area contributed by atoms with Crippen molar-refractivity contribution in [1.82, 2.24) is 9.89 Å². The molecular formula is C4H6N2+. The summed E-state index contributed by atoms with van der Waals surface area (Å²) in [7, 11) is 1.94. The first-order valence-corrected chi connectivity index (χ1v) is 1.81. The van der Waals surface area contributed by atoms with E-state index in [0.29, 0.717) is 0 Å². The van der Waals surface area contributed by atoms with Gasteiger partial charge < -0.3 is 0 Å². The molecule has 1 aliphatic heterocycles. The van der Waals surface area contributed by atoms with Gasteiger partial charge in [0.15, 0.2) is 6.20 Å². The molecule has 0 bridgehead atoms. The van der Waals surface area contributed by atoms with Crippen molar-refractivity contribution in [3.63, 3.8) is 0 Å². The van der Waals surface area contributed by atoms with Crippen molar-refractivity contribution in [2.75, 3.05) is 7.05 Å². The van der Waals surface area contributed by atoms with Crippen molar-refractivity contribution < 1.29 is 0 Å². The second-order valence-electron chi connectivity index (χ2n) is 1.23. The topological polar surface area (TPSA) is 17.3 Å². The maximum atomic E-state index is 3.78. The minimum Gasteiger partial charge on any atom is -0.236 e. The van der Waals surface area contributed by atoms with Gasteiger partial charge in [-0.05, 0) is 0 Å². The van der Waals surface area contributed by atoms with Gasteiger partial charge in [0, 0.05) is 0 Å². The molecule has 1 heterocycles. The fraction of sp³-hybridized carbons (Fsp3) is 0.250. The summed E-state index contributed by atoms with van der Waals surface area (Å²) in [5.74, 6) is 0. The first-order chi connectivity index (χ1) is 2.89. The van der Waals surface area contributed by atoms with Gasteiger partial charge in [-0.1, -0.05) is 4.99 Å². The Bertz CT molecular complexity index is 81.7. The molecule has 0 aromatic carbocycles. The summed E-state index contributed by atoms with van der Waals surface area (Å²) in [5, 5.41) is 0. The van der Waals surface area contributed by atoms with E-state index in [-0.39, 0.29) is 0 Å². The molecule has 0 aliphatic carbocycles. The predicted octanol–water partition coefficient (Wildman–Crippen LogP) is -0.233. The molecule has 0 aromatic heterocycles. The third-order valence-electron chi connectivity index (χ3n) is 0.637. The van der Waals surface area contributed by atoms with E-state index in [1.54, 1.807) is 12.5 Å². The largest absolute Gasteiger partial charge is 0.286 e. The van der Waals surface area contributed by atoms with E-state index >= 15 is 0 Å². The van der Waals surface area contributed by atoms with Gasteiger partial charge in [-0.3, -0.25) is 0 Å². The monoisotopic (exact) mass is 82.1 g/mol. The third kappa shape index (κ3) is 0.407. The molecule has 0 atom stereocenters. The number of hydrogen-bond acceptors (Lipinski definition) is 2. The van der Waals surface area contributed by atoms with E-state index in [2.05, 4.69) is 4.99 Å². The summed E-state index contributed by atoms with van der Waals surface area (Å²) >= 11 is 0.